The third kappa shape index (κ3) is 2.89. The van der Waals surface area contributed by atoms with E-state index in [2.05, 4.69) is 35.6 Å². The molecule has 0 aliphatic heterocycles. The maximum Gasteiger partial charge on any atom is 0.0934 e. The van der Waals surface area contributed by atoms with E-state index in [0.717, 1.165) is 16.9 Å². The molecule has 0 spiro atoms. The Labute approximate surface area is 110 Å². The van der Waals surface area contributed by atoms with Gasteiger partial charge < -0.3 is 5.32 Å². The van der Waals surface area contributed by atoms with Gasteiger partial charge in [-0.15, -0.1) is 11.3 Å². The molecule has 0 bridgehead atoms. The average Bonchev–Trinajstić information content (AvgIpc) is 3.08. The molecule has 0 unspecified atom stereocenters. The maximum absolute atomic E-state index is 5.97. The highest BCUT2D eigenvalue weighted by molar-refractivity contribution is 7.19. The first-order valence-corrected chi connectivity index (χ1v) is 7.09. The summed E-state index contributed by atoms with van der Waals surface area (Å²) < 4.78 is 0.849. The summed E-state index contributed by atoms with van der Waals surface area (Å²) in [6, 6.07) is 13.5. The minimum atomic E-state index is 0.759. The fourth-order valence-corrected chi connectivity index (χ4v) is 2.89. The first-order valence-electron chi connectivity index (χ1n) is 5.89. The number of rotatable bonds is 4. The zero-order valence-electron chi connectivity index (χ0n) is 9.45. The first-order chi connectivity index (χ1) is 8.31. The Balaban J connectivity index is 1.77. The van der Waals surface area contributed by atoms with Crippen LogP contribution >= 0.6 is 22.9 Å². The van der Waals surface area contributed by atoms with Crippen molar-refractivity contribution in [1.29, 1.82) is 0 Å². The van der Waals surface area contributed by atoms with Gasteiger partial charge >= 0.3 is 0 Å². The maximum atomic E-state index is 5.97. The summed E-state index contributed by atoms with van der Waals surface area (Å²) in [5.41, 5.74) is 2.61. The standard InChI is InChI=1S/C14H14ClNS/c15-14-7-6-13(17-14)11-3-1-2-10(8-11)9-16-12-4-5-12/h1-3,6-8,12,16H,4-5,9H2. The van der Waals surface area contributed by atoms with Crippen molar-refractivity contribution in [2.45, 2.75) is 25.4 Å². The number of benzene rings is 1. The fourth-order valence-electron chi connectivity index (χ4n) is 1.85. The Kier molecular flexibility index (Phi) is 3.19. The molecule has 1 aliphatic carbocycles. The number of hydrogen-bond donors (Lipinski definition) is 1. The van der Waals surface area contributed by atoms with Crippen LogP contribution in [0, 0.1) is 0 Å². The second-order valence-electron chi connectivity index (χ2n) is 4.46. The molecule has 17 heavy (non-hydrogen) atoms. The summed E-state index contributed by atoms with van der Waals surface area (Å²) in [7, 11) is 0. The van der Waals surface area contributed by atoms with Gasteiger partial charge in [0.25, 0.3) is 0 Å². The monoisotopic (exact) mass is 263 g/mol. The van der Waals surface area contributed by atoms with E-state index in [1.54, 1.807) is 11.3 Å². The van der Waals surface area contributed by atoms with Crippen LogP contribution in [0.1, 0.15) is 18.4 Å². The minimum absolute atomic E-state index is 0.759. The van der Waals surface area contributed by atoms with Crippen LogP contribution in [0.2, 0.25) is 4.34 Å². The Bertz CT molecular complexity index is 516. The van der Waals surface area contributed by atoms with Crippen LogP contribution in [0.15, 0.2) is 36.4 Å². The molecule has 0 atom stereocenters. The van der Waals surface area contributed by atoms with Gasteiger partial charge in [0.2, 0.25) is 0 Å². The molecule has 1 aromatic heterocycles. The zero-order valence-corrected chi connectivity index (χ0v) is 11.0. The molecular formula is C14H14ClNS. The smallest absolute Gasteiger partial charge is 0.0934 e. The second-order valence-corrected chi connectivity index (χ2v) is 6.17. The predicted molar refractivity (Wildman–Crippen MR) is 74.6 cm³/mol. The van der Waals surface area contributed by atoms with Gasteiger partial charge in [-0.05, 0) is 42.2 Å². The van der Waals surface area contributed by atoms with E-state index >= 15 is 0 Å². The quantitative estimate of drug-likeness (QED) is 0.866. The van der Waals surface area contributed by atoms with Crippen molar-refractivity contribution in [3.8, 4) is 10.4 Å². The Morgan fingerprint density at radius 2 is 2.12 bits per heavy atom. The summed E-state index contributed by atoms with van der Waals surface area (Å²) in [5.74, 6) is 0. The highest BCUT2D eigenvalue weighted by atomic mass is 35.5. The normalized spacial score (nSPS) is 15.1. The van der Waals surface area contributed by atoms with E-state index in [0.29, 0.717) is 0 Å². The molecule has 1 saturated carbocycles. The lowest BCUT2D eigenvalue weighted by Crippen LogP contribution is -2.15. The van der Waals surface area contributed by atoms with Crippen molar-refractivity contribution < 1.29 is 0 Å². The zero-order chi connectivity index (χ0) is 11.7. The molecule has 3 heteroatoms. The largest absolute Gasteiger partial charge is 0.310 e. The lowest BCUT2D eigenvalue weighted by Gasteiger charge is -2.05. The molecular weight excluding hydrogens is 250 g/mol. The van der Waals surface area contributed by atoms with Crippen LogP contribution in [0.3, 0.4) is 0 Å². The molecule has 3 rings (SSSR count). The summed E-state index contributed by atoms with van der Waals surface area (Å²) in [6.45, 7) is 0.970. The lowest BCUT2D eigenvalue weighted by molar-refractivity contribution is 0.688. The van der Waals surface area contributed by atoms with Gasteiger partial charge in [-0.1, -0.05) is 29.8 Å². The summed E-state index contributed by atoms with van der Waals surface area (Å²) >= 11 is 7.60. The number of hydrogen-bond acceptors (Lipinski definition) is 2. The predicted octanol–water partition coefficient (Wildman–Crippen LogP) is 4.32. The van der Waals surface area contributed by atoms with Gasteiger partial charge in [0.1, 0.15) is 0 Å². The summed E-state index contributed by atoms with van der Waals surface area (Å²) in [4.78, 5) is 1.24. The van der Waals surface area contributed by atoms with Gasteiger partial charge in [-0.2, -0.15) is 0 Å². The summed E-state index contributed by atoms with van der Waals surface area (Å²) in [5, 5.41) is 3.53. The SMILES string of the molecule is Clc1ccc(-c2cccc(CNC3CC3)c2)s1. The highest BCUT2D eigenvalue weighted by Crippen LogP contribution is 2.31. The third-order valence-corrected chi connectivity index (χ3v) is 4.24. The molecule has 0 radical (unpaired) electrons. The van der Waals surface area contributed by atoms with Crippen molar-refractivity contribution in [2.75, 3.05) is 0 Å². The van der Waals surface area contributed by atoms with Crippen LogP contribution in [0.4, 0.5) is 0 Å². The van der Waals surface area contributed by atoms with Crippen LogP contribution in [-0.2, 0) is 6.54 Å². The molecule has 1 aliphatic rings. The molecule has 88 valence electrons. The lowest BCUT2D eigenvalue weighted by atomic mass is 10.1. The number of thiophene rings is 1. The average molecular weight is 264 g/mol. The van der Waals surface area contributed by atoms with Crippen LogP contribution < -0.4 is 5.32 Å². The molecule has 1 N–H and O–H groups in total. The Morgan fingerprint density at radius 3 is 2.82 bits per heavy atom. The van der Waals surface area contributed by atoms with Gasteiger partial charge in [0.05, 0.1) is 4.34 Å². The van der Waals surface area contributed by atoms with E-state index in [1.165, 1.54) is 28.8 Å². The Morgan fingerprint density at radius 1 is 1.24 bits per heavy atom. The summed E-state index contributed by atoms with van der Waals surface area (Å²) in [6.07, 6.45) is 2.67. The van der Waals surface area contributed by atoms with Crippen molar-refractivity contribution in [3.63, 3.8) is 0 Å². The van der Waals surface area contributed by atoms with Crippen LogP contribution in [0.25, 0.3) is 10.4 Å². The number of halogens is 1. The third-order valence-electron chi connectivity index (χ3n) is 2.96. The van der Waals surface area contributed by atoms with Gasteiger partial charge in [0, 0.05) is 17.5 Å². The van der Waals surface area contributed by atoms with Crippen molar-refractivity contribution >= 4 is 22.9 Å². The van der Waals surface area contributed by atoms with E-state index in [1.807, 2.05) is 6.07 Å². The fraction of sp³-hybridized carbons (Fsp3) is 0.286. The molecule has 1 aromatic carbocycles. The van der Waals surface area contributed by atoms with Gasteiger partial charge in [-0.3, -0.25) is 0 Å². The molecule has 2 aromatic rings. The second kappa shape index (κ2) is 4.81. The molecule has 1 nitrogen and oxygen atoms in total. The van der Waals surface area contributed by atoms with Gasteiger partial charge in [-0.25, -0.2) is 0 Å². The van der Waals surface area contributed by atoms with Crippen LogP contribution in [-0.4, -0.2) is 6.04 Å². The van der Waals surface area contributed by atoms with Gasteiger partial charge in [0.15, 0.2) is 0 Å². The van der Waals surface area contributed by atoms with E-state index < -0.39 is 0 Å². The highest BCUT2D eigenvalue weighted by Gasteiger charge is 2.19. The molecule has 1 fully saturated rings. The molecule has 0 saturated heterocycles. The van der Waals surface area contributed by atoms with Crippen molar-refractivity contribution in [3.05, 3.63) is 46.3 Å². The van der Waals surface area contributed by atoms with Crippen LogP contribution in [0.5, 0.6) is 0 Å². The topological polar surface area (TPSA) is 12.0 Å². The minimum Gasteiger partial charge on any atom is -0.310 e. The van der Waals surface area contributed by atoms with E-state index in [9.17, 15) is 0 Å². The molecule has 1 heterocycles. The van der Waals surface area contributed by atoms with Crippen molar-refractivity contribution in [2.24, 2.45) is 0 Å². The number of nitrogens with one attached hydrogen (secondary N) is 1. The Hall–Kier alpha value is -0.830. The first kappa shape index (κ1) is 11.3. The van der Waals surface area contributed by atoms with E-state index in [4.69, 9.17) is 11.6 Å². The van der Waals surface area contributed by atoms with E-state index in [-0.39, 0.29) is 0 Å². The molecule has 0 amide bonds. The van der Waals surface area contributed by atoms with Crippen molar-refractivity contribution in [1.82, 2.24) is 5.32 Å².